The lowest BCUT2D eigenvalue weighted by molar-refractivity contribution is 0.197. The largest absolute Gasteiger partial charge is 0.385 e. The van der Waals surface area contributed by atoms with E-state index in [9.17, 15) is 0 Å². The number of rotatable bonds is 6. The first kappa shape index (κ1) is 13.4. The minimum atomic E-state index is 0.760. The van der Waals surface area contributed by atoms with E-state index < -0.39 is 0 Å². The van der Waals surface area contributed by atoms with Gasteiger partial charge in [-0.15, -0.1) is 0 Å². The molecular formula is C13H16IN3O. The van der Waals surface area contributed by atoms with E-state index in [0.29, 0.717) is 0 Å². The maximum Gasteiger partial charge on any atom is 0.207 e. The Labute approximate surface area is 121 Å². The van der Waals surface area contributed by atoms with Gasteiger partial charge in [-0.2, -0.15) is 0 Å². The van der Waals surface area contributed by atoms with Gasteiger partial charge in [0.05, 0.1) is 5.69 Å². The summed E-state index contributed by atoms with van der Waals surface area (Å²) in [6, 6.07) is 8.24. The molecule has 2 rings (SSSR count). The van der Waals surface area contributed by atoms with Crippen LogP contribution in [-0.2, 0) is 4.74 Å². The van der Waals surface area contributed by atoms with Gasteiger partial charge in [-0.1, -0.05) is 12.1 Å². The SMILES string of the molecule is COCCCNc1nccn1-c1ccccc1I. The van der Waals surface area contributed by atoms with Crippen molar-refractivity contribution in [2.75, 3.05) is 25.6 Å². The van der Waals surface area contributed by atoms with Crippen LogP contribution in [-0.4, -0.2) is 29.8 Å². The second-order valence-corrected chi connectivity index (χ2v) is 5.01. The molecule has 18 heavy (non-hydrogen) atoms. The summed E-state index contributed by atoms with van der Waals surface area (Å²) in [5.41, 5.74) is 1.14. The first-order chi connectivity index (χ1) is 8.83. The van der Waals surface area contributed by atoms with Crippen molar-refractivity contribution in [3.63, 3.8) is 0 Å². The predicted molar refractivity (Wildman–Crippen MR) is 81.3 cm³/mol. The Hall–Kier alpha value is -1.08. The van der Waals surface area contributed by atoms with Crippen molar-refractivity contribution in [3.8, 4) is 5.69 Å². The molecule has 0 saturated carbocycles. The Morgan fingerprint density at radius 3 is 3.00 bits per heavy atom. The fraction of sp³-hybridized carbons (Fsp3) is 0.308. The molecule has 0 atom stereocenters. The number of hydrogen-bond donors (Lipinski definition) is 1. The van der Waals surface area contributed by atoms with Crippen LogP contribution in [0, 0.1) is 3.57 Å². The summed E-state index contributed by atoms with van der Waals surface area (Å²) in [6.45, 7) is 1.62. The van der Waals surface area contributed by atoms with Crippen LogP contribution in [0.25, 0.3) is 5.69 Å². The third-order valence-electron chi connectivity index (χ3n) is 2.56. The average molecular weight is 357 g/mol. The second kappa shape index (κ2) is 6.75. The molecule has 0 aliphatic carbocycles. The highest BCUT2D eigenvalue weighted by Crippen LogP contribution is 2.20. The van der Waals surface area contributed by atoms with E-state index in [4.69, 9.17) is 4.74 Å². The first-order valence-electron chi connectivity index (χ1n) is 5.84. The van der Waals surface area contributed by atoms with Gasteiger partial charge >= 0.3 is 0 Å². The van der Waals surface area contributed by atoms with E-state index in [1.807, 2.05) is 24.5 Å². The van der Waals surface area contributed by atoms with Gasteiger partial charge in [0.25, 0.3) is 0 Å². The molecule has 0 aliphatic rings. The Morgan fingerprint density at radius 2 is 2.22 bits per heavy atom. The summed E-state index contributed by atoms with van der Waals surface area (Å²) in [5, 5.41) is 3.32. The Morgan fingerprint density at radius 1 is 1.39 bits per heavy atom. The van der Waals surface area contributed by atoms with Gasteiger partial charge < -0.3 is 10.1 Å². The molecule has 1 aromatic carbocycles. The number of methoxy groups -OCH3 is 1. The van der Waals surface area contributed by atoms with E-state index in [-0.39, 0.29) is 0 Å². The molecule has 0 amide bonds. The highest BCUT2D eigenvalue weighted by Gasteiger charge is 2.06. The molecule has 5 heteroatoms. The van der Waals surface area contributed by atoms with E-state index in [1.54, 1.807) is 7.11 Å². The number of ether oxygens (including phenoxy) is 1. The maximum absolute atomic E-state index is 5.03. The lowest BCUT2D eigenvalue weighted by Crippen LogP contribution is -2.09. The Bertz CT molecular complexity index is 498. The van der Waals surface area contributed by atoms with Crippen LogP contribution in [0.4, 0.5) is 5.95 Å². The molecule has 0 aliphatic heterocycles. The third kappa shape index (κ3) is 3.23. The van der Waals surface area contributed by atoms with Gasteiger partial charge in [-0.3, -0.25) is 4.57 Å². The van der Waals surface area contributed by atoms with E-state index in [1.165, 1.54) is 3.57 Å². The van der Waals surface area contributed by atoms with Gasteiger partial charge in [0, 0.05) is 36.2 Å². The quantitative estimate of drug-likeness (QED) is 0.638. The molecule has 0 saturated heterocycles. The number of nitrogens with one attached hydrogen (secondary N) is 1. The van der Waals surface area contributed by atoms with Gasteiger partial charge in [-0.05, 0) is 41.1 Å². The smallest absolute Gasteiger partial charge is 0.207 e. The molecule has 1 heterocycles. The Kier molecular flexibility index (Phi) is 5.00. The lowest BCUT2D eigenvalue weighted by Gasteiger charge is -2.11. The summed E-state index contributed by atoms with van der Waals surface area (Å²) in [6.07, 6.45) is 4.74. The molecule has 0 fully saturated rings. The molecule has 0 unspecified atom stereocenters. The van der Waals surface area contributed by atoms with Gasteiger partial charge in [0.15, 0.2) is 0 Å². The number of nitrogens with zero attached hydrogens (tertiary/aromatic N) is 2. The van der Waals surface area contributed by atoms with Crippen LogP contribution in [0.15, 0.2) is 36.7 Å². The van der Waals surface area contributed by atoms with Gasteiger partial charge in [0.2, 0.25) is 5.95 Å². The number of imidazole rings is 1. The van der Waals surface area contributed by atoms with Crippen LogP contribution in [0.3, 0.4) is 0 Å². The lowest BCUT2D eigenvalue weighted by atomic mass is 10.3. The van der Waals surface area contributed by atoms with Crippen molar-refractivity contribution in [2.24, 2.45) is 0 Å². The normalized spacial score (nSPS) is 10.6. The molecule has 4 nitrogen and oxygen atoms in total. The number of aromatic nitrogens is 2. The molecule has 1 N–H and O–H groups in total. The van der Waals surface area contributed by atoms with E-state index >= 15 is 0 Å². The molecule has 96 valence electrons. The molecule has 0 radical (unpaired) electrons. The number of anilines is 1. The Balaban J connectivity index is 2.10. The number of halogens is 1. The fourth-order valence-electron chi connectivity index (χ4n) is 1.69. The standard InChI is InChI=1S/C13H16IN3O/c1-18-10-4-7-15-13-16-8-9-17(13)12-6-3-2-5-11(12)14/h2-3,5-6,8-9H,4,7,10H2,1H3,(H,15,16). The number of para-hydroxylation sites is 1. The zero-order chi connectivity index (χ0) is 12.8. The van der Waals surface area contributed by atoms with Gasteiger partial charge in [-0.25, -0.2) is 4.98 Å². The van der Waals surface area contributed by atoms with Crippen LogP contribution in [0.2, 0.25) is 0 Å². The van der Waals surface area contributed by atoms with Crippen molar-refractivity contribution in [2.45, 2.75) is 6.42 Å². The molecule has 0 bridgehead atoms. The van der Waals surface area contributed by atoms with Crippen LogP contribution in [0.5, 0.6) is 0 Å². The van der Waals surface area contributed by atoms with E-state index in [2.05, 4.69) is 49.6 Å². The summed E-state index contributed by atoms with van der Waals surface area (Å²) < 4.78 is 8.29. The number of hydrogen-bond acceptors (Lipinski definition) is 3. The first-order valence-corrected chi connectivity index (χ1v) is 6.92. The van der Waals surface area contributed by atoms with Gasteiger partial charge in [0.1, 0.15) is 0 Å². The van der Waals surface area contributed by atoms with Crippen LogP contribution in [0.1, 0.15) is 6.42 Å². The van der Waals surface area contributed by atoms with Crippen molar-refractivity contribution in [1.82, 2.24) is 9.55 Å². The van der Waals surface area contributed by atoms with Crippen molar-refractivity contribution in [1.29, 1.82) is 0 Å². The highest BCUT2D eigenvalue weighted by molar-refractivity contribution is 14.1. The number of benzene rings is 1. The average Bonchev–Trinajstić information content (AvgIpc) is 2.83. The summed E-state index contributed by atoms with van der Waals surface area (Å²) >= 11 is 2.33. The second-order valence-electron chi connectivity index (χ2n) is 3.85. The molecule has 0 spiro atoms. The van der Waals surface area contributed by atoms with Crippen molar-refractivity contribution >= 4 is 28.5 Å². The molecule has 2 aromatic rings. The van der Waals surface area contributed by atoms with Crippen LogP contribution < -0.4 is 5.32 Å². The minimum Gasteiger partial charge on any atom is -0.385 e. The minimum absolute atomic E-state index is 0.760. The fourth-order valence-corrected chi connectivity index (χ4v) is 2.34. The summed E-state index contributed by atoms with van der Waals surface area (Å²) in [5.74, 6) is 0.871. The van der Waals surface area contributed by atoms with E-state index in [0.717, 1.165) is 31.2 Å². The maximum atomic E-state index is 5.03. The molecular weight excluding hydrogens is 341 g/mol. The predicted octanol–water partition coefficient (Wildman–Crippen LogP) is 2.93. The monoisotopic (exact) mass is 357 g/mol. The zero-order valence-electron chi connectivity index (χ0n) is 10.3. The highest BCUT2D eigenvalue weighted by atomic mass is 127. The third-order valence-corrected chi connectivity index (χ3v) is 3.47. The van der Waals surface area contributed by atoms with Crippen LogP contribution >= 0.6 is 22.6 Å². The summed E-state index contributed by atoms with van der Waals surface area (Å²) in [7, 11) is 1.72. The topological polar surface area (TPSA) is 39.1 Å². The van der Waals surface area contributed by atoms with Crippen molar-refractivity contribution in [3.05, 3.63) is 40.2 Å². The van der Waals surface area contributed by atoms with Crippen molar-refractivity contribution < 1.29 is 4.74 Å². The zero-order valence-corrected chi connectivity index (χ0v) is 12.4. The summed E-state index contributed by atoms with van der Waals surface area (Å²) in [4.78, 5) is 4.34. The molecule has 1 aromatic heterocycles.